The van der Waals surface area contributed by atoms with Crippen molar-refractivity contribution in [1.82, 2.24) is 5.32 Å². The Balaban J connectivity index is 2.66. The van der Waals surface area contributed by atoms with Crippen LogP contribution < -0.4 is 10.1 Å². The summed E-state index contributed by atoms with van der Waals surface area (Å²) >= 11 is 0. The molecule has 21 heavy (non-hydrogen) atoms. The first-order valence-electron chi connectivity index (χ1n) is 6.22. The van der Waals surface area contributed by atoms with Crippen molar-refractivity contribution in [3.63, 3.8) is 0 Å². The van der Waals surface area contributed by atoms with Gasteiger partial charge in [0.05, 0.1) is 14.2 Å². The van der Waals surface area contributed by atoms with Gasteiger partial charge in [-0.15, -0.1) is 0 Å². The highest BCUT2D eigenvalue weighted by Gasteiger charge is 2.21. The second-order valence-electron chi connectivity index (χ2n) is 4.21. The number of carbonyl (C=O) groups excluding carboxylic acids is 2. The second kappa shape index (κ2) is 7.88. The van der Waals surface area contributed by atoms with E-state index in [0.717, 1.165) is 0 Å². The highest BCUT2D eigenvalue weighted by Crippen LogP contribution is 2.11. The molecule has 1 aromatic rings. The fourth-order valence-corrected chi connectivity index (χ4v) is 1.61. The minimum absolute atomic E-state index is 0.0378. The first-order chi connectivity index (χ1) is 9.97. The van der Waals surface area contributed by atoms with E-state index in [9.17, 15) is 14.4 Å². The maximum atomic E-state index is 11.9. The third-order valence-electron chi connectivity index (χ3n) is 2.82. The van der Waals surface area contributed by atoms with E-state index in [2.05, 4.69) is 10.1 Å². The lowest BCUT2D eigenvalue weighted by Gasteiger charge is -2.14. The van der Waals surface area contributed by atoms with Crippen molar-refractivity contribution >= 4 is 17.8 Å². The van der Waals surface area contributed by atoms with Crippen LogP contribution in [0.1, 0.15) is 23.2 Å². The van der Waals surface area contributed by atoms with Crippen LogP contribution in [-0.4, -0.2) is 43.2 Å². The lowest BCUT2D eigenvalue weighted by molar-refractivity contribution is -0.142. The minimum Gasteiger partial charge on any atom is -0.497 e. The van der Waals surface area contributed by atoms with Crippen molar-refractivity contribution in [1.29, 1.82) is 0 Å². The van der Waals surface area contributed by atoms with Crippen LogP contribution in [0.25, 0.3) is 0 Å². The molecule has 0 heterocycles. The van der Waals surface area contributed by atoms with Gasteiger partial charge in [0.1, 0.15) is 11.8 Å². The normalized spacial score (nSPS) is 11.3. The summed E-state index contributed by atoms with van der Waals surface area (Å²) in [5, 5.41) is 11.4. The molecule has 0 saturated carbocycles. The Morgan fingerprint density at radius 2 is 1.81 bits per heavy atom. The van der Waals surface area contributed by atoms with Crippen molar-refractivity contribution in [3.8, 4) is 5.75 Å². The molecule has 0 bridgehead atoms. The Bertz CT molecular complexity index is 511. The van der Waals surface area contributed by atoms with Crippen molar-refractivity contribution in [2.75, 3.05) is 14.2 Å². The zero-order valence-corrected chi connectivity index (χ0v) is 11.8. The third kappa shape index (κ3) is 5.13. The Morgan fingerprint density at radius 3 is 2.29 bits per heavy atom. The largest absolute Gasteiger partial charge is 0.497 e. The number of carbonyl (C=O) groups is 3. The minimum atomic E-state index is -1.21. The SMILES string of the molecule is COC(=O)CC[C@H](NC(=O)c1ccc(OC)cc1)C(=O)O. The monoisotopic (exact) mass is 295 g/mol. The van der Waals surface area contributed by atoms with E-state index in [0.29, 0.717) is 11.3 Å². The highest BCUT2D eigenvalue weighted by atomic mass is 16.5. The molecule has 0 aliphatic rings. The predicted octanol–water partition coefficient (Wildman–Crippen LogP) is 0.831. The summed E-state index contributed by atoms with van der Waals surface area (Å²) in [6, 6.07) is 5.08. The first-order valence-corrected chi connectivity index (χ1v) is 6.22. The van der Waals surface area contributed by atoms with E-state index in [4.69, 9.17) is 9.84 Å². The Hall–Kier alpha value is -2.57. The van der Waals surface area contributed by atoms with Gasteiger partial charge in [-0.2, -0.15) is 0 Å². The number of ether oxygens (including phenoxy) is 2. The number of nitrogens with one attached hydrogen (secondary N) is 1. The zero-order chi connectivity index (χ0) is 15.8. The molecule has 1 aromatic carbocycles. The van der Waals surface area contributed by atoms with Crippen molar-refractivity contribution in [3.05, 3.63) is 29.8 Å². The Morgan fingerprint density at radius 1 is 1.19 bits per heavy atom. The maximum Gasteiger partial charge on any atom is 0.326 e. The lowest BCUT2D eigenvalue weighted by atomic mass is 10.1. The predicted molar refractivity (Wildman–Crippen MR) is 73.1 cm³/mol. The van der Waals surface area contributed by atoms with Crippen LogP contribution in [0.5, 0.6) is 5.75 Å². The molecular formula is C14H17NO6. The van der Waals surface area contributed by atoms with E-state index in [1.807, 2.05) is 0 Å². The summed E-state index contributed by atoms with van der Waals surface area (Å²) in [6.07, 6.45) is -0.125. The van der Waals surface area contributed by atoms with Crippen molar-refractivity contribution in [2.45, 2.75) is 18.9 Å². The summed E-state index contributed by atoms with van der Waals surface area (Å²) < 4.78 is 9.41. The average Bonchev–Trinajstić information content (AvgIpc) is 2.50. The van der Waals surface area contributed by atoms with E-state index < -0.39 is 23.9 Å². The van der Waals surface area contributed by atoms with Gasteiger partial charge in [0.2, 0.25) is 0 Å². The van der Waals surface area contributed by atoms with E-state index in [-0.39, 0.29) is 12.8 Å². The van der Waals surface area contributed by atoms with Gasteiger partial charge in [-0.25, -0.2) is 4.79 Å². The third-order valence-corrected chi connectivity index (χ3v) is 2.82. The van der Waals surface area contributed by atoms with E-state index >= 15 is 0 Å². The number of amides is 1. The molecule has 1 atom stereocenters. The number of hydrogen-bond donors (Lipinski definition) is 2. The van der Waals surface area contributed by atoms with Gasteiger partial charge >= 0.3 is 11.9 Å². The van der Waals surface area contributed by atoms with E-state index in [1.165, 1.54) is 26.4 Å². The summed E-state index contributed by atoms with van der Waals surface area (Å²) in [5.74, 6) is -1.68. The number of methoxy groups -OCH3 is 2. The van der Waals surface area contributed by atoms with Crippen LogP contribution in [0, 0.1) is 0 Å². The molecule has 0 aromatic heterocycles. The first kappa shape index (κ1) is 16.5. The molecular weight excluding hydrogens is 278 g/mol. The maximum absolute atomic E-state index is 11.9. The quantitative estimate of drug-likeness (QED) is 0.722. The number of hydrogen-bond acceptors (Lipinski definition) is 5. The van der Waals surface area contributed by atoms with Gasteiger partial charge in [0, 0.05) is 12.0 Å². The molecule has 0 unspecified atom stereocenters. The average molecular weight is 295 g/mol. The summed E-state index contributed by atoms with van der Waals surface area (Å²) in [4.78, 5) is 34.0. The Kier molecular flexibility index (Phi) is 6.19. The molecule has 1 rings (SSSR count). The van der Waals surface area contributed by atoms with Crippen molar-refractivity contribution < 1.29 is 29.0 Å². The number of carboxylic acids is 1. The number of aliphatic carboxylic acids is 1. The number of esters is 1. The molecule has 0 aliphatic heterocycles. The topological polar surface area (TPSA) is 102 Å². The summed E-state index contributed by atoms with van der Waals surface area (Å²) in [6.45, 7) is 0. The van der Waals surface area contributed by atoms with Crippen LogP contribution in [0.2, 0.25) is 0 Å². The lowest BCUT2D eigenvalue weighted by Crippen LogP contribution is -2.41. The summed E-state index contributed by atoms with van der Waals surface area (Å²) in [7, 11) is 2.72. The van der Waals surface area contributed by atoms with E-state index in [1.54, 1.807) is 12.1 Å². The fraction of sp³-hybridized carbons (Fsp3) is 0.357. The zero-order valence-electron chi connectivity index (χ0n) is 11.8. The molecule has 1 amide bonds. The smallest absolute Gasteiger partial charge is 0.326 e. The number of rotatable bonds is 7. The van der Waals surface area contributed by atoms with Gasteiger partial charge in [0.25, 0.3) is 5.91 Å². The van der Waals surface area contributed by atoms with Crippen LogP contribution in [0.3, 0.4) is 0 Å². The Labute approximate surface area is 121 Å². The standard InChI is InChI=1S/C14H17NO6/c1-20-10-5-3-9(4-6-10)13(17)15-11(14(18)19)7-8-12(16)21-2/h3-6,11H,7-8H2,1-2H3,(H,15,17)(H,18,19)/t11-/m0/s1. The molecule has 0 saturated heterocycles. The molecule has 2 N–H and O–H groups in total. The van der Waals surface area contributed by atoms with Gasteiger partial charge < -0.3 is 19.9 Å². The molecule has 7 heteroatoms. The number of benzene rings is 1. The van der Waals surface area contributed by atoms with Gasteiger partial charge in [-0.1, -0.05) is 0 Å². The molecule has 0 fully saturated rings. The van der Waals surface area contributed by atoms with Crippen molar-refractivity contribution in [2.24, 2.45) is 0 Å². The molecule has 0 spiro atoms. The second-order valence-corrected chi connectivity index (χ2v) is 4.21. The molecule has 7 nitrogen and oxygen atoms in total. The fourth-order valence-electron chi connectivity index (χ4n) is 1.61. The summed E-state index contributed by atoms with van der Waals surface area (Å²) in [5.41, 5.74) is 0.306. The van der Waals surface area contributed by atoms with Crippen LogP contribution in [-0.2, 0) is 14.3 Å². The molecule has 114 valence electrons. The molecule has 0 aliphatic carbocycles. The van der Waals surface area contributed by atoms with Crippen LogP contribution in [0.15, 0.2) is 24.3 Å². The number of carboxylic acid groups (broad SMARTS) is 1. The van der Waals surface area contributed by atoms with Crippen LogP contribution >= 0.6 is 0 Å². The highest BCUT2D eigenvalue weighted by molar-refractivity contribution is 5.96. The van der Waals surface area contributed by atoms with Crippen LogP contribution in [0.4, 0.5) is 0 Å². The van der Waals surface area contributed by atoms with Gasteiger partial charge in [0.15, 0.2) is 0 Å². The van der Waals surface area contributed by atoms with Gasteiger partial charge in [-0.3, -0.25) is 9.59 Å². The van der Waals surface area contributed by atoms with Gasteiger partial charge in [-0.05, 0) is 30.7 Å². The molecule has 0 radical (unpaired) electrons.